The van der Waals surface area contributed by atoms with Crippen molar-refractivity contribution >= 4 is 29.1 Å². The number of amides is 1. The Bertz CT molecular complexity index is 1220. The minimum atomic E-state index is -2.85. The first-order valence-corrected chi connectivity index (χ1v) is 11.3. The highest BCUT2D eigenvalue weighted by molar-refractivity contribution is 6.24. The molecule has 0 bridgehead atoms. The molecular weight excluding hydrogens is 466 g/mol. The molecule has 3 aliphatic rings. The smallest absolute Gasteiger partial charge is 0.255 e. The van der Waals surface area contributed by atoms with Crippen molar-refractivity contribution in [1.82, 2.24) is 0 Å². The van der Waals surface area contributed by atoms with Gasteiger partial charge in [0, 0.05) is 40.7 Å². The topological polar surface area (TPSA) is 178 Å². The summed E-state index contributed by atoms with van der Waals surface area (Å²) in [4.78, 5) is 38.4. The second kappa shape index (κ2) is 7.56. The first-order valence-electron chi connectivity index (χ1n) is 10.8. The van der Waals surface area contributed by atoms with Crippen molar-refractivity contribution in [3.63, 3.8) is 0 Å². The van der Waals surface area contributed by atoms with Crippen molar-refractivity contribution < 1.29 is 39.9 Å². The molecule has 9 nitrogen and oxygen atoms in total. The second-order valence-electron chi connectivity index (χ2n) is 9.93. The number of allylic oxidation sites excluding steroid dienone is 1. The summed E-state index contributed by atoms with van der Waals surface area (Å²) in [5.74, 6) is -8.61. The summed E-state index contributed by atoms with van der Waals surface area (Å²) in [5.41, 5.74) is 0.995. The number of ketones is 2. The minimum absolute atomic E-state index is 0.119. The first kappa shape index (κ1) is 24.3. The summed E-state index contributed by atoms with van der Waals surface area (Å²) >= 11 is 6.05. The molecule has 7 N–H and O–H groups in total. The van der Waals surface area contributed by atoms with E-state index in [0.29, 0.717) is 11.1 Å². The van der Waals surface area contributed by atoms with E-state index < -0.39 is 81.4 Å². The number of Topliss-reactive ketones (excluding diaryl/α,β-unsaturated/α-hetero) is 2. The summed E-state index contributed by atoms with van der Waals surface area (Å²) in [6.07, 6.45) is -2.07. The van der Waals surface area contributed by atoms with Gasteiger partial charge in [0.1, 0.15) is 22.8 Å². The van der Waals surface area contributed by atoms with Crippen LogP contribution in [0.3, 0.4) is 0 Å². The van der Waals surface area contributed by atoms with E-state index in [0.717, 1.165) is 0 Å². The Morgan fingerprint density at radius 2 is 1.85 bits per heavy atom. The van der Waals surface area contributed by atoms with E-state index in [4.69, 9.17) is 17.3 Å². The number of phenols is 1. The fraction of sp³-hybridized carbons (Fsp3) is 0.458. The number of hydrogen-bond donors (Lipinski definition) is 6. The van der Waals surface area contributed by atoms with E-state index >= 15 is 0 Å². The lowest BCUT2D eigenvalue weighted by atomic mass is 9.56. The van der Waals surface area contributed by atoms with Gasteiger partial charge in [-0.2, -0.15) is 0 Å². The van der Waals surface area contributed by atoms with Gasteiger partial charge in [-0.05, 0) is 11.5 Å². The Kier molecular flexibility index (Phi) is 5.39. The molecule has 0 heterocycles. The van der Waals surface area contributed by atoms with E-state index in [9.17, 15) is 39.9 Å². The number of primary amides is 1. The van der Waals surface area contributed by atoms with Gasteiger partial charge in [0.25, 0.3) is 5.91 Å². The Morgan fingerprint density at radius 3 is 2.41 bits per heavy atom. The number of halogens is 1. The molecule has 182 valence electrons. The van der Waals surface area contributed by atoms with Crippen LogP contribution in [0.25, 0.3) is 0 Å². The molecule has 0 spiro atoms. The zero-order chi connectivity index (χ0) is 25.5. The van der Waals surface area contributed by atoms with Crippen LogP contribution in [-0.4, -0.2) is 60.6 Å². The van der Waals surface area contributed by atoms with Gasteiger partial charge in [0.2, 0.25) is 5.78 Å². The molecular formula is C24H26ClNO8. The molecule has 0 radical (unpaired) electrons. The summed E-state index contributed by atoms with van der Waals surface area (Å²) in [6.45, 7) is 5.23. The lowest BCUT2D eigenvalue weighted by Gasteiger charge is -2.50. The van der Waals surface area contributed by atoms with Crippen molar-refractivity contribution in [2.75, 3.05) is 5.88 Å². The lowest BCUT2D eigenvalue weighted by Crippen LogP contribution is -2.62. The maximum absolute atomic E-state index is 13.6. The number of carbonyl (C=O) groups is 3. The van der Waals surface area contributed by atoms with E-state index in [1.165, 1.54) is 0 Å². The molecule has 0 unspecified atom stereocenters. The van der Waals surface area contributed by atoms with Crippen LogP contribution in [-0.2, 0) is 15.0 Å². The van der Waals surface area contributed by atoms with Crippen LogP contribution >= 0.6 is 11.6 Å². The second-order valence-corrected chi connectivity index (χ2v) is 10.2. The van der Waals surface area contributed by atoms with Gasteiger partial charge >= 0.3 is 0 Å². The molecule has 0 aromatic heterocycles. The van der Waals surface area contributed by atoms with Gasteiger partial charge in [-0.15, -0.1) is 11.6 Å². The Balaban J connectivity index is 1.99. The third kappa shape index (κ3) is 2.90. The van der Waals surface area contributed by atoms with E-state index in [1.807, 2.05) is 0 Å². The van der Waals surface area contributed by atoms with Gasteiger partial charge in [0.15, 0.2) is 11.4 Å². The van der Waals surface area contributed by atoms with Crippen LogP contribution in [0.4, 0.5) is 0 Å². The molecule has 0 saturated heterocycles. The molecule has 4 rings (SSSR count). The lowest BCUT2D eigenvalue weighted by molar-refractivity contribution is -0.154. The average molecular weight is 492 g/mol. The number of phenolic OH excluding ortho intramolecular Hbond substituents is 1. The number of aliphatic hydroxyl groups excluding tert-OH is 3. The quantitative estimate of drug-likeness (QED) is 0.272. The number of fused-ring (bicyclic) bond motifs is 3. The van der Waals surface area contributed by atoms with Gasteiger partial charge < -0.3 is 31.3 Å². The molecule has 1 aromatic rings. The van der Waals surface area contributed by atoms with Crippen molar-refractivity contribution in [3.8, 4) is 5.75 Å². The molecule has 1 amide bonds. The number of carbonyl (C=O) groups excluding carboxylic acids is 3. The highest BCUT2D eigenvalue weighted by Crippen LogP contribution is 2.55. The zero-order valence-corrected chi connectivity index (χ0v) is 19.6. The molecule has 0 aliphatic heterocycles. The average Bonchev–Trinajstić information content (AvgIpc) is 2.76. The van der Waals surface area contributed by atoms with Crippen molar-refractivity contribution in [3.05, 3.63) is 51.5 Å². The number of hydrogen-bond acceptors (Lipinski definition) is 8. The van der Waals surface area contributed by atoms with Crippen LogP contribution in [0, 0.1) is 11.8 Å². The maximum Gasteiger partial charge on any atom is 0.255 e. The van der Waals surface area contributed by atoms with Crippen molar-refractivity contribution in [2.45, 2.75) is 50.2 Å². The minimum Gasteiger partial charge on any atom is -0.511 e. The monoisotopic (exact) mass is 491 g/mol. The summed E-state index contributed by atoms with van der Waals surface area (Å²) in [6, 6.07) is 3.30. The Hall–Kier alpha value is -2.88. The number of aromatic hydroxyl groups is 1. The molecule has 0 fully saturated rings. The number of alkyl halides is 1. The van der Waals surface area contributed by atoms with Crippen LogP contribution in [0.5, 0.6) is 5.75 Å². The number of rotatable bonds is 3. The number of benzene rings is 1. The molecule has 1 aromatic carbocycles. The SMILES string of the molecule is C[C@H]1c2ccc(C(C)(C)CCl)c(O)c2C(=O)C2=C(O)[C@]3(O)C(=O)C(C(N)=O)=C(O)C[C@@H]3[C@@H](O)[C@@H]21. The largest absolute Gasteiger partial charge is 0.511 e. The molecule has 5 atom stereocenters. The Morgan fingerprint density at radius 1 is 1.24 bits per heavy atom. The van der Waals surface area contributed by atoms with Gasteiger partial charge in [0.05, 0.1) is 11.7 Å². The van der Waals surface area contributed by atoms with E-state index in [2.05, 4.69) is 0 Å². The fourth-order valence-corrected chi connectivity index (χ4v) is 5.76. The highest BCUT2D eigenvalue weighted by atomic mass is 35.5. The summed E-state index contributed by atoms with van der Waals surface area (Å²) in [7, 11) is 0. The molecule has 10 heteroatoms. The zero-order valence-electron chi connectivity index (χ0n) is 18.8. The molecule has 34 heavy (non-hydrogen) atoms. The maximum atomic E-state index is 13.6. The van der Waals surface area contributed by atoms with Crippen molar-refractivity contribution in [2.24, 2.45) is 17.6 Å². The highest BCUT2D eigenvalue weighted by Gasteiger charge is 2.64. The Labute approximate surface area is 200 Å². The number of nitrogens with two attached hydrogens (primary N) is 1. The third-order valence-electron chi connectivity index (χ3n) is 7.56. The van der Waals surface area contributed by atoms with E-state index in [1.54, 1.807) is 32.9 Å². The predicted octanol–water partition coefficient (Wildman–Crippen LogP) is 1.63. The first-order chi connectivity index (χ1) is 15.7. The van der Waals surface area contributed by atoms with E-state index in [-0.39, 0.29) is 17.2 Å². The molecule has 3 aliphatic carbocycles. The van der Waals surface area contributed by atoms with Crippen molar-refractivity contribution in [1.29, 1.82) is 0 Å². The summed E-state index contributed by atoms with van der Waals surface area (Å²) < 4.78 is 0. The fourth-order valence-electron chi connectivity index (χ4n) is 5.61. The van der Waals surface area contributed by atoms with Gasteiger partial charge in [-0.25, -0.2) is 0 Å². The van der Waals surface area contributed by atoms with Gasteiger partial charge in [-0.1, -0.05) is 32.9 Å². The van der Waals surface area contributed by atoms with Crippen LogP contribution in [0.1, 0.15) is 54.6 Å². The predicted molar refractivity (Wildman–Crippen MR) is 121 cm³/mol. The van der Waals surface area contributed by atoms with Crippen LogP contribution < -0.4 is 5.73 Å². The number of aliphatic hydroxyl groups is 4. The van der Waals surface area contributed by atoms with Gasteiger partial charge in [-0.3, -0.25) is 14.4 Å². The normalized spacial score (nSPS) is 31.2. The third-order valence-corrected chi connectivity index (χ3v) is 8.23. The van der Waals surface area contributed by atoms with Crippen LogP contribution in [0.15, 0.2) is 34.8 Å². The molecule has 0 saturated carbocycles. The van der Waals surface area contributed by atoms with Crippen LogP contribution in [0.2, 0.25) is 0 Å². The standard InChI is InChI=1S/C24H26ClNO8/c1-8-9-4-5-10(23(2,3)7-25)17(28)14(9)19(30)16-13(8)18(29)11-6-12(27)15(22(26)33)20(31)24(11,34)21(16)32/h4-5,8,11,13,18,27-29,32,34H,6-7H2,1-3H3,(H2,26,33)/t8-,11+,13+,18+,24+/m0/s1. The summed E-state index contributed by atoms with van der Waals surface area (Å²) in [5, 5.41) is 54.9.